The van der Waals surface area contributed by atoms with Crippen molar-refractivity contribution in [3.05, 3.63) is 40.4 Å². The molecule has 0 fully saturated rings. The summed E-state index contributed by atoms with van der Waals surface area (Å²) in [4.78, 5) is 11.7. The maximum Gasteiger partial charge on any atom is 0.139 e. The second-order valence-corrected chi connectivity index (χ2v) is 4.33. The van der Waals surface area contributed by atoms with Gasteiger partial charge in [-0.3, -0.25) is 4.98 Å². The fourth-order valence-electron chi connectivity index (χ4n) is 1.81. The van der Waals surface area contributed by atoms with Gasteiger partial charge in [-0.05, 0) is 24.1 Å². The van der Waals surface area contributed by atoms with Crippen LogP contribution >= 0.6 is 12.2 Å². The third-order valence-electron chi connectivity index (χ3n) is 2.64. The van der Waals surface area contributed by atoms with Gasteiger partial charge >= 0.3 is 0 Å². The standard InChI is InChI=1S/C13H15N3OS/c1-3-9-7-14-5-4-11(9)13-15-10(8-17-2)6-12(18)16-13/h4-7H,3,8H2,1-2H3,(H,15,16,18). The van der Waals surface area contributed by atoms with E-state index in [1.54, 1.807) is 13.3 Å². The van der Waals surface area contributed by atoms with E-state index >= 15 is 0 Å². The van der Waals surface area contributed by atoms with E-state index in [1.165, 1.54) is 0 Å². The first-order valence-electron chi connectivity index (χ1n) is 5.77. The fraction of sp³-hybridized carbons (Fsp3) is 0.308. The molecule has 1 N–H and O–H groups in total. The second kappa shape index (κ2) is 5.84. The van der Waals surface area contributed by atoms with Gasteiger partial charge in [0.2, 0.25) is 0 Å². The zero-order valence-corrected chi connectivity index (χ0v) is 11.3. The average Bonchev–Trinajstić information content (AvgIpc) is 2.38. The molecule has 0 aliphatic carbocycles. The molecule has 0 atom stereocenters. The molecule has 0 amide bonds. The van der Waals surface area contributed by atoms with E-state index < -0.39 is 0 Å². The maximum atomic E-state index is 5.18. The Morgan fingerprint density at radius 2 is 2.28 bits per heavy atom. The summed E-state index contributed by atoms with van der Waals surface area (Å²) < 4.78 is 5.68. The van der Waals surface area contributed by atoms with E-state index in [9.17, 15) is 0 Å². The summed E-state index contributed by atoms with van der Waals surface area (Å²) in [7, 11) is 1.65. The molecule has 0 aliphatic heterocycles. The van der Waals surface area contributed by atoms with Crippen LogP contribution in [-0.4, -0.2) is 22.1 Å². The Labute approximate surface area is 111 Å². The van der Waals surface area contributed by atoms with Crippen molar-refractivity contribution in [2.45, 2.75) is 20.0 Å². The van der Waals surface area contributed by atoms with Gasteiger partial charge in [-0.1, -0.05) is 19.1 Å². The Hall–Kier alpha value is -1.59. The van der Waals surface area contributed by atoms with E-state index in [4.69, 9.17) is 17.0 Å². The lowest BCUT2D eigenvalue weighted by molar-refractivity contribution is 0.181. The topological polar surface area (TPSA) is 50.8 Å². The van der Waals surface area contributed by atoms with Crippen molar-refractivity contribution >= 4 is 12.2 Å². The van der Waals surface area contributed by atoms with Crippen molar-refractivity contribution in [3.8, 4) is 11.4 Å². The number of ether oxygens (including phenoxy) is 1. The highest BCUT2D eigenvalue weighted by Gasteiger charge is 2.07. The van der Waals surface area contributed by atoms with Crippen molar-refractivity contribution in [2.75, 3.05) is 7.11 Å². The Morgan fingerprint density at radius 3 is 3.00 bits per heavy atom. The molecule has 5 heteroatoms. The SMILES string of the molecule is CCc1cnccc1-c1nc(=S)cc(COC)[nH]1. The lowest BCUT2D eigenvalue weighted by atomic mass is 10.1. The largest absolute Gasteiger partial charge is 0.378 e. The van der Waals surface area contributed by atoms with Crippen molar-refractivity contribution in [2.24, 2.45) is 0 Å². The molecule has 0 aliphatic rings. The second-order valence-electron chi connectivity index (χ2n) is 3.91. The summed E-state index contributed by atoms with van der Waals surface area (Å²) >= 11 is 5.18. The number of aromatic amines is 1. The zero-order valence-electron chi connectivity index (χ0n) is 10.4. The number of H-pyrrole nitrogens is 1. The first-order valence-corrected chi connectivity index (χ1v) is 6.18. The molecule has 18 heavy (non-hydrogen) atoms. The van der Waals surface area contributed by atoms with E-state index in [1.807, 2.05) is 18.3 Å². The van der Waals surface area contributed by atoms with Crippen LogP contribution in [0.15, 0.2) is 24.5 Å². The highest BCUT2D eigenvalue weighted by molar-refractivity contribution is 7.71. The van der Waals surface area contributed by atoms with Crippen LogP contribution in [0.25, 0.3) is 11.4 Å². The number of nitrogens with zero attached hydrogens (tertiary/aromatic N) is 2. The number of methoxy groups -OCH3 is 1. The molecule has 4 nitrogen and oxygen atoms in total. The van der Waals surface area contributed by atoms with Gasteiger partial charge in [0.25, 0.3) is 0 Å². The molecular weight excluding hydrogens is 246 g/mol. The number of pyridine rings is 1. The molecule has 0 unspecified atom stereocenters. The van der Waals surface area contributed by atoms with Crippen LogP contribution in [0, 0.1) is 4.64 Å². The predicted molar refractivity (Wildman–Crippen MR) is 72.7 cm³/mol. The van der Waals surface area contributed by atoms with Gasteiger partial charge in [0, 0.05) is 30.8 Å². The molecule has 0 spiro atoms. The molecule has 0 saturated carbocycles. The van der Waals surface area contributed by atoms with Crippen molar-refractivity contribution in [3.63, 3.8) is 0 Å². The molecule has 0 aromatic carbocycles. The normalized spacial score (nSPS) is 10.6. The van der Waals surface area contributed by atoms with Gasteiger partial charge in [-0.25, -0.2) is 4.98 Å². The van der Waals surface area contributed by atoms with Gasteiger partial charge in [-0.2, -0.15) is 0 Å². The Balaban J connectivity index is 2.53. The van der Waals surface area contributed by atoms with Crippen molar-refractivity contribution in [1.29, 1.82) is 0 Å². The zero-order chi connectivity index (χ0) is 13.0. The van der Waals surface area contributed by atoms with E-state index in [2.05, 4.69) is 21.9 Å². The molecule has 2 aromatic rings. The third-order valence-corrected chi connectivity index (χ3v) is 2.85. The maximum absolute atomic E-state index is 5.18. The van der Waals surface area contributed by atoms with Gasteiger partial charge in [-0.15, -0.1) is 0 Å². The molecule has 0 saturated heterocycles. The monoisotopic (exact) mass is 261 g/mol. The van der Waals surface area contributed by atoms with Gasteiger partial charge in [0.1, 0.15) is 10.5 Å². The minimum absolute atomic E-state index is 0.492. The number of hydrogen-bond acceptors (Lipinski definition) is 4. The molecule has 94 valence electrons. The summed E-state index contributed by atoms with van der Waals surface area (Å²) in [5.41, 5.74) is 3.10. The fourth-order valence-corrected chi connectivity index (χ4v) is 2.04. The number of aromatic nitrogens is 3. The molecule has 2 rings (SSSR count). The van der Waals surface area contributed by atoms with Gasteiger partial charge in [0.05, 0.1) is 6.61 Å². The quantitative estimate of drug-likeness (QED) is 0.860. The van der Waals surface area contributed by atoms with Crippen molar-refractivity contribution in [1.82, 2.24) is 15.0 Å². The van der Waals surface area contributed by atoms with Crippen LogP contribution in [0.2, 0.25) is 0 Å². The molecule has 2 heterocycles. The Bertz CT molecular complexity index is 595. The first kappa shape index (κ1) is 12.9. The lowest BCUT2D eigenvalue weighted by Gasteiger charge is -2.08. The summed E-state index contributed by atoms with van der Waals surface area (Å²) in [5, 5.41) is 0. The van der Waals surface area contributed by atoms with Crippen LogP contribution in [-0.2, 0) is 17.8 Å². The van der Waals surface area contributed by atoms with Crippen molar-refractivity contribution < 1.29 is 4.74 Å². The predicted octanol–water partition coefficient (Wildman–Crippen LogP) is 2.91. The summed E-state index contributed by atoms with van der Waals surface area (Å²) in [6.07, 6.45) is 4.52. The minimum atomic E-state index is 0.492. The number of aryl methyl sites for hydroxylation is 1. The lowest BCUT2D eigenvalue weighted by Crippen LogP contribution is -1.99. The van der Waals surface area contributed by atoms with Crippen LogP contribution in [0.5, 0.6) is 0 Å². The minimum Gasteiger partial charge on any atom is -0.378 e. The highest BCUT2D eigenvalue weighted by Crippen LogP contribution is 2.20. The Kier molecular flexibility index (Phi) is 4.17. The summed E-state index contributed by atoms with van der Waals surface area (Å²) in [6, 6.07) is 3.76. The highest BCUT2D eigenvalue weighted by atomic mass is 32.1. The first-order chi connectivity index (χ1) is 8.74. The average molecular weight is 261 g/mol. The van der Waals surface area contributed by atoms with Crippen LogP contribution in [0.1, 0.15) is 18.2 Å². The Morgan fingerprint density at radius 1 is 1.44 bits per heavy atom. The molecule has 0 bridgehead atoms. The summed E-state index contributed by atoms with van der Waals surface area (Å²) in [6.45, 7) is 2.58. The number of nitrogens with one attached hydrogen (secondary N) is 1. The molecular formula is C13H15N3OS. The molecule has 2 aromatic heterocycles. The molecule has 0 radical (unpaired) electrons. The van der Waals surface area contributed by atoms with E-state index in [0.29, 0.717) is 11.2 Å². The van der Waals surface area contributed by atoms with Crippen LogP contribution in [0.4, 0.5) is 0 Å². The van der Waals surface area contributed by atoms with Crippen LogP contribution < -0.4 is 0 Å². The van der Waals surface area contributed by atoms with Crippen LogP contribution in [0.3, 0.4) is 0 Å². The summed E-state index contributed by atoms with van der Waals surface area (Å²) in [5.74, 6) is 0.772. The number of hydrogen-bond donors (Lipinski definition) is 1. The van der Waals surface area contributed by atoms with E-state index in [-0.39, 0.29) is 0 Å². The smallest absolute Gasteiger partial charge is 0.139 e. The third kappa shape index (κ3) is 2.80. The van der Waals surface area contributed by atoms with Gasteiger partial charge < -0.3 is 9.72 Å². The van der Waals surface area contributed by atoms with E-state index in [0.717, 1.165) is 29.1 Å². The van der Waals surface area contributed by atoms with Gasteiger partial charge in [0.15, 0.2) is 0 Å². The number of rotatable bonds is 4.